The number of sulfonamides is 1. The van der Waals surface area contributed by atoms with Gasteiger partial charge in [-0.1, -0.05) is 37.6 Å². The number of nitrogens with one attached hydrogen (secondary N) is 2. The Morgan fingerprint density at radius 3 is 2.38 bits per heavy atom. The lowest BCUT2D eigenvalue weighted by molar-refractivity contribution is -0.274. The molecule has 0 aromatic heterocycles. The van der Waals surface area contributed by atoms with Gasteiger partial charge in [-0.05, 0) is 41.8 Å². The van der Waals surface area contributed by atoms with Gasteiger partial charge in [-0.25, -0.2) is 8.42 Å². The minimum absolute atomic E-state index is 0.0644. The zero-order valence-corrected chi connectivity index (χ0v) is 18.7. The number of alkyl halides is 3. The molecule has 10 heteroatoms. The second-order valence-electron chi connectivity index (χ2n) is 7.69. The molecule has 6 nitrogen and oxygen atoms in total. The number of hydrogen-bond donors (Lipinski definition) is 2. The van der Waals surface area contributed by atoms with Gasteiger partial charge in [0.2, 0.25) is 10.0 Å². The maximum atomic E-state index is 13.1. The minimum atomic E-state index is -4.83. The topological polar surface area (TPSA) is 70.7 Å². The van der Waals surface area contributed by atoms with Crippen molar-refractivity contribution in [1.29, 1.82) is 0 Å². The molecule has 1 aliphatic heterocycles. The van der Waals surface area contributed by atoms with E-state index in [-0.39, 0.29) is 17.5 Å². The molecule has 1 atom stereocenters. The van der Waals surface area contributed by atoms with Crippen LogP contribution in [0, 0.1) is 0 Å². The van der Waals surface area contributed by atoms with Gasteiger partial charge >= 0.3 is 6.36 Å². The monoisotopic (exact) mass is 471 g/mol. The minimum Gasteiger partial charge on any atom is -0.406 e. The molecule has 176 valence electrons. The molecule has 2 aromatic carbocycles. The molecule has 0 aliphatic carbocycles. The third kappa shape index (κ3) is 6.68. The Hall–Kier alpha value is -2.14. The van der Waals surface area contributed by atoms with Gasteiger partial charge in [-0.2, -0.15) is 4.31 Å². The fraction of sp³-hybridized carbons (Fsp3) is 0.455. The van der Waals surface area contributed by atoms with Crippen molar-refractivity contribution >= 4 is 10.0 Å². The van der Waals surface area contributed by atoms with Crippen molar-refractivity contribution < 1.29 is 26.3 Å². The van der Waals surface area contributed by atoms with Crippen LogP contribution in [-0.4, -0.2) is 51.3 Å². The molecule has 0 radical (unpaired) electrons. The van der Waals surface area contributed by atoms with Gasteiger partial charge in [0.1, 0.15) is 5.75 Å². The van der Waals surface area contributed by atoms with Crippen LogP contribution in [0.3, 0.4) is 0 Å². The van der Waals surface area contributed by atoms with E-state index in [1.165, 1.54) is 9.87 Å². The largest absolute Gasteiger partial charge is 0.573 e. The third-order valence-electron chi connectivity index (χ3n) is 5.23. The summed E-state index contributed by atoms with van der Waals surface area (Å²) in [4.78, 5) is -0.0644. The van der Waals surface area contributed by atoms with Gasteiger partial charge in [-0.3, -0.25) is 0 Å². The maximum Gasteiger partial charge on any atom is 0.573 e. The lowest BCUT2D eigenvalue weighted by atomic mass is 10.1. The van der Waals surface area contributed by atoms with Gasteiger partial charge < -0.3 is 15.4 Å². The number of rotatable bonds is 9. The molecular formula is C22H28F3N3O3S. The molecular weight excluding hydrogens is 443 g/mol. The van der Waals surface area contributed by atoms with Crippen LogP contribution in [-0.2, 0) is 23.0 Å². The second-order valence-corrected chi connectivity index (χ2v) is 9.58. The Kier molecular flexibility index (Phi) is 8.16. The van der Waals surface area contributed by atoms with Crippen molar-refractivity contribution in [1.82, 2.24) is 14.9 Å². The Morgan fingerprint density at radius 1 is 1.09 bits per heavy atom. The van der Waals surface area contributed by atoms with Crippen LogP contribution in [0.2, 0.25) is 0 Å². The SMILES string of the molecule is CCCc1ccc(CNC[C@H]2CNCCN2S(=O)(=O)c2ccc(OC(F)(F)F)cc2)cc1. The Morgan fingerprint density at radius 2 is 1.75 bits per heavy atom. The number of hydrogen-bond acceptors (Lipinski definition) is 5. The first-order valence-electron chi connectivity index (χ1n) is 10.6. The van der Waals surface area contributed by atoms with Gasteiger partial charge in [-0.15, -0.1) is 13.2 Å². The lowest BCUT2D eigenvalue weighted by Gasteiger charge is -2.35. The third-order valence-corrected chi connectivity index (χ3v) is 7.20. The molecule has 3 rings (SSSR count). The second kappa shape index (κ2) is 10.7. The van der Waals surface area contributed by atoms with E-state index in [1.807, 2.05) is 0 Å². The summed E-state index contributed by atoms with van der Waals surface area (Å²) < 4.78 is 68.5. The Balaban J connectivity index is 1.63. The molecule has 0 bridgehead atoms. The van der Waals surface area contributed by atoms with E-state index in [0.717, 1.165) is 42.7 Å². The fourth-order valence-corrected chi connectivity index (χ4v) is 5.30. The van der Waals surface area contributed by atoms with Crippen molar-refractivity contribution in [3.8, 4) is 5.75 Å². The molecule has 0 unspecified atom stereocenters. The molecule has 32 heavy (non-hydrogen) atoms. The molecule has 2 aromatic rings. The molecule has 2 N–H and O–H groups in total. The molecule has 0 amide bonds. The summed E-state index contributed by atoms with van der Waals surface area (Å²) in [5.74, 6) is -0.458. The van der Waals surface area contributed by atoms with Crippen LogP contribution in [0.25, 0.3) is 0 Å². The number of ether oxygens (including phenoxy) is 1. The van der Waals surface area contributed by atoms with Gasteiger partial charge in [0.15, 0.2) is 0 Å². The number of halogens is 3. The van der Waals surface area contributed by atoms with E-state index in [0.29, 0.717) is 26.2 Å². The number of piperazine rings is 1. The summed E-state index contributed by atoms with van der Waals surface area (Å²) in [7, 11) is -3.86. The highest BCUT2D eigenvalue weighted by Gasteiger charge is 2.34. The highest BCUT2D eigenvalue weighted by molar-refractivity contribution is 7.89. The van der Waals surface area contributed by atoms with Crippen molar-refractivity contribution in [2.45, 2.75) is 43.6 Å². The smallest absolute Gasteiger partial charge is 0.406 e. The van der Waals surface area contributed by atoms with E-state index in [2.05, 4.69) is 46.6 Å². The Labute approximate surface area is 186 Å². The number of benzene rings is 2. The summed E-state index contributed by atoms with van der Waals surface area (Å²) in [6.45, 7) is 4.46. The van der Waals surface area contributed by atoms with Crippen molar-refractivity contribution in [3.63, 3.8) is 0 Å². The summed E-state index contributed by atoms with van der Waals surface area (Å²) in [6.07, 6.45) is -2.70. The quantitative estimate of drug-likeness (QED) is 0.588. The van der Waals surface area contributed by atoms with Crippen LogP contribution in [0.15, 0.2) is 53.4 Å². The van der Waals surface area contributed by atoms with E-state index in [1.54, 1.807) is 0 Å². The van der Waals surface area contributed by atoms with Crippen LogP contribution in [0.5, 0.6) is 5.75 Å². The van der Waals surface area contributed by atoms with E-state index < -0.39 is 22.1 Å². The highest BCUT2D eigenvalue weighted by atomic mass is 32.2. The molecule has 1 heterocycles. The summed E-state index contributed by atoms with van der Waals surface area (Å²) in [6, 6.07) is 12.3. The van der Waals surface area contributed by atoms with Gasteiger partial charge in [0.25, 0.3) is 0 Å². The van der Waals surface area contributed by atoms with Crippen molar-refractivity contribution in [2.24, 2.45) is 0 Å². The van der Waals surface area contributed by atoms with Crippen molar-refractivity contribution in [2.75, 3.05) is 26.2 Å². The predicted molar refractivity (Wildman–Crippen MR) is 116 cm³/mol. The normalized spacial score (nSPS) is 17.9. The molecule has 1 aliphatic rings. The summed E-state index contributed by atoms with van der Waals surface area (Å²) in [5, 5.41) is 6.52. The molecule has 0 spiro atoms. The zero-order chi connectivity index (χ0) is 23.2. The Bertz CT molecular complexity index is 965. The standard InChI is InChI=1S/C22H28F3N3O3S/c1-2-3-17-4-6-18(7-5-17)14-27-16-19-15-26-12-13-28(19)32(29,30)21-10-8-20(9-11-21)31-22(23,24)25/h4-11,19,26-27H,2-3,12-16H2,1H3/t19-/m1/s1. The van der Waals surface area contributed by atoms with Crippen LogP contribution in [0.1, 0.15) is 24.5 Å². The van der Waals surface area contributed by atoms with E-state index in [9.17, 15) is 21.6 Å². The molecule has 0 saturated carbocycles. The molecule has 1 fully saturated rings. The van der Waals surface area contributed by atoms with Crippen LogP contribution >= 0.6 is 0 Å². The summed E-state index contributed by atoms with van der Waals surface area (Å²) >= 11 is 0. The number of nitrogens with zero attached hydrogens (tertiary/aromatic N) is 1. The first kappa shape index (κ1) is 24.5. The predicted octanol–water partition coefficient (Wildman–Crippen LogP) is 3.29. The zero-order valence-electron chi connectivity index (χ0n) is 17.9. The number of aryl methyl sites for hydroxylation is 1. The van der Waals surface area contributed by atoms with Crippen LogP contribution < -0.4 is 15.4 Å². The fourth-order valence-electron chi connectivity index (χ4n) is 3.68. The summed E-state index contributed by atoms with van der Waals surface area (Å²) in [5.41, 5.74) is 2.40. The van der Waals surface area contributed by atoms with Gasteiger partial charge in [0, 0.05) is 32.7 Å². The van der Waals surface area contributed by atoms with Crippen LogP contribution in [0.4, 0.5) is 13.2 Å². The highest BCUT2D eigenvalue weighted by Crippen LogP contribution is 2.26. The van der Waals surface area contributed by atoms with Crippen molar-refractivity contribution in [3.05, 3.63) is 59.7 Å². The lowest BCUT2D eigenvalue weighted by Crippen LogP contribution is -2.56. The van der Waals surface area contributed by atoms with E-state index in [4.69, 9.17) is 0 Å². The average Bonchev–Trinajstić information content (AvgIpc) is 2.75. The van der Waals surface area contributed by atoms with Gasteiger partial charge in [0.05, 0.1) is 10.9 Å². The first-order valence-corrected chi connectivity index (χ1v) is 12.0. The first-order chi connectivity index (χ1) is 15.2. The average molecular weight is 472 g/mol. The maximum absolute atomic E-state index is 13.1. The molecule has 1 saturated heterocycles. The van der Waals surface area contributed by atoms with E-state index >= 15 is 0 Å².